The summed E-state index contributed by atoms with van der Waals surface area (Å²) in [6, 6.07) is 5.55. The first-order valence-corrected chi connectivity index (χ1v) is 11.3. The van der Waals surface area contributed by atoms with Crippen molar-refractivity contribution in [2.75, 3.05) is 11.9 Å². The van der Waals surface area contributed by atoms with E-state index in [9.17, 15) is 4.79 Å². The maximum Gasteiger partial charge on any atom is 0.247 e. The average Bonchev–Trinajstić information content (AvgIpc) is 3.09. The zero-order valence-corrected chi connectivity index (χ0v) is 18.8. The van der Waals surface area contributed by atoms with E-state index < -0.39 is 0 Å². The number of piperidine rings is 1. The highest BCUT2D eigenvalue weighted by Gasteiger charge is 2.29. The summed E-state index contributed by atoms with van der Waals surface area (Å²) in [5.74, 6) is 1.36. The fourth-order valence-electron chi connectivity index (χ4n) is 3.64. The van der Waals surface area contributed by atoms with Crippen molar-refractivity contribution in [2.45, 2.75) is 46.1 Å². The van der Waals surface area contributed by atoms with Crippen LogP contribution in [0.25, 0.3) is 6.08 Å². The van der Waals surface area contributed by atoms with Gasteiger partial charge < -0.3 is 10.2 Å². The van der Waals surface area contributed by atoms with Crippen molar-refractivity contribution in [2.24, 2.45) is 0 Å². The van der Waals surface area contributed by atoms with Crippen LogP contribution in [0.2, 0.25) is 0 Å². The number of amides is 1. The van der Waals surface area contributed by atoms with E-state index in [4.69, 9.17) is 4.98 Å². The molecule has 1 N–H and O–H groups in total. The van der Waals surface area contributed by atoms with Crippen LogP contribution in [0.1, 0.15) is 53.0 Å². The molecule has 0 saturated carbocycles. The third-order valence-corrected chi connectivity index (χ3v) is 6.31. The van der Waals surface area contributed by atoms with Gasteiger partial charge in [-0.2, -0.15) is 0 Å². The minimum absolute atomic E-state index is 0.0284. The van der Waals surface area contributed by atoms with Crippen LogP contribution in [-0.2, 0) is 4.79 Å². The molecule has 3 aromatic heterocycles. The van der Waals surface area contributed by atoms with E-state index in [1.807, 2.05) is 36.9 Å². The van der Waals surface area contributed by atoms with Crippen LogP contribution in [-0.4, -0.2) is 37.3 Å². The van der Waals surface area contributed by atoms with E-state index in [-0.39, 0.29) is 11.9 Å². The molecular formula is C23H26N6OS. The summed E-state index contributed by atoms with van der Waals surface area (Å²) in [6.45, 7) is 6.70. The Morgan fingerprint density at radius 1 is 1.23 bits per heavy atom. The maximum atomic E-state index is 13.0. The van der Waals surface area contributed by atoms with Crippen LogP contribution in [0, 0.1) is 20.8 Å². The van der Waals surface area contributed by atoms with Crippen LogP contribution < -0.4 is 5.32 Å². The van der Waals surface area contributed by atoms with Crippen molar-refractivity contribution in [3.63, 3.8) is 0 Å². The number of rotatable bonds is 5. The largest absolute Gasteiger partial charge is 0.329 e. The Morgan fingerprint density at radius 2 is 2.10 bits per heavy atom. The number of nitrogens with zero attached hydrogens (tertiary/aromatic N) is 5. The fraction of sp³-hybridized carbons (Fsp3) is 0.348. The molecular weight excluding hydrogens is 408 g/mol. The molecule has 7 nitrogen and oxygen atoms in total. The Bertz CT molecular complexity index is 1080. The van der Waals surface area contributed by atoms with Gasteiger partial charge in [0.05, 0.1) is 11.7 Å². The highest BCUT2D eigenvalue weighted by Crippen LogP contribution is 2.31. The number of carbonyl (C=O) groups is 1. The molecule has 8 heteroatoms. The Balaban J connectivity index is 1.56. The van der Waals surface area contributed by atoms with Gasteiger partial charge in [0.1, 0.15) is 5.82 Å². The molecule has 160 valence electrons. The first-order valence-electron chi connectivity index (χ1n) is 10.4. The van der Waals surface area contributed by atoms with Crippen molar-refractivity contribution in [3.8, 4) is 0 Å². The topological polar surface area (TPSA) is 83.9 Å². The first kappa shape index (κ1) is 21.1. The van der Waals surface area contributed by atoms with Crippen LogP contribution in [0.4, 0.5) is 10.9 Å². The number of aromatic nitrogens is 4. The van der Waals surface area contributed by atoms with Crippen molar-refractivity contribution < 1.29 is 4.79 Å². The van der Waals surface area contributed by atoms with Crippen LogP contribution >= 0.6 is 11.3 Å². The van der Waals surface area contributed by atoms with Gasteiger partial charge in [0, 0.05) is 41.7 Å². The van der Waals surface area contributed by atoms with E-state index in [1.165, 1.54) is 4.88 Å². The molecule has 1 fully saturated rings. The minimum atomic E-state index is -0.139. The highest BCUT2D eigenvalue weighted by atomic mass is 32.1. The molecule has 4 heterocycles. The normalized spacial score (nSPS) is 16.6. The first-order chi connectivity index (χ1) is 15.0. The molecule has 1 atom stereocenters. The molecule has 1 aliphatic heterocycles. The number of carbonyl (C=O) groups excluding carboxylic acids is 1. The van der Waals surface area contributed by atoms with Gasteiger partial charge in [0.2, 0.25) is 5.91 Å². The predicted molar refractivity (Wildman–Crippen MR) is 123 cm³/mol. The Kier molecular flexibility index (Phi) is 6.36. The molecule has 0 aromatic carbocycles. The quantitative estimate of drug-likeness (QED) is 0.583. The summed E-state index contributed by atoms with van der Waals surface area (Å²) in [5.41, 5.74) is 2.78. The Labute approximate surface area is 186 Å². The third kappa shape index (κ3) is 5.14. The summed E-state index contributed by atoms with van der Waals surface area (Å²) in [7, 11) is 0. The number of likely N-dealkylation sites (tertiary alicyclic amines) is 1. The lowest BCUT2D eigenvalue weighted by atomic mass is 10.0. The van der Waals surface area contributed by atoms with E-state index in [0.717, 1.165) is 41.3 Å². The van der Waals surface area contributed by atoms with Crippen LogP contribution in [0.15, 0.2) is 36.7 Å². The molecule has 1 aliphatic rings. The number of anilines is 2. The number of thiazole rings is 1. The lowest BCUT2D eigenvalue weighted by Gasteiger charge is -2.34. The Hall–Kier alpha value is -3.13. The summed E-state index contributed by atoms with van der Waals surface area (Å²) < 4.78 is 0. The van der Waals surface area contributed by atoms with Gasteiger partial charge in [-0.25, -0.2) is 15.0 Å². The minimum Gasteiger partial charge on any atom is -0.329 e. The molecule has 4 rings (SSSR count). The monoisotopic (exact) mass is 434 g/mol. The summed E-state index contributed by atoms with van der Waals surface area (Å²) in [5, 5.41) is 4.12. The second kappa shape index (κ2) is 9.34. The van der Waals surface area contributed by atoms with Crippen molar-refractivity contribution in [3.05, 3.63) is 64.3 Å². The van der Waals surface area contributed by atoms with Gasteiger partial charge in [-0.1, -0.05) is 6.07 Å². The van der Waals surface area contributed by atoms with E-state index in [2.05, 4.69) is 27.2 Å². The standard InChI is InChI=1S/C23H26N6OS/c1-15-13-20(28-23-26-16(2)17(3)31-23)27-22(25-15)19-8-4-5-12-29(19)21(30)10-9-18-7-6-11-24-14-18/h6-7,9-11,13-14,19H,4-5,8,12H2,1-3H3,(H,25,26,27,28)/b10-9+. The summed E-state index contributed by atoms with van der Waals surface area (Å²) in [6.07, 6.45) is 9.76. The van der Waals surface area contributed by atoms with Crippen LogP contribution in [0.5, 0.6) is 0 Å². The molecule has 0 spiro atoms. The van der Waals surface area contributed by atoms with Crippen molar-refractivity contribution in [1.29, 1.82) is 0 Å². The number of hydrogen-bond donors (Lipinski definition) is 1. The molecule has 0 radical (unpaired) electrons. The zero-order chi connectivity index (χ0) is 21.8. The van der Waals surface area contributed by atoms with E-state index >= 15 is 0 Å². The predicted octanol–water partition coefficient (Wildman–Crippen LogP) is 4.76. The van der Waals surface area contributed by atoms with Crippen molar-refractivity contribution >= 4 is 34.3 Å². The summed E-state index contributed by atoms with van der Waals surface area (Å²) in [4.78, 5) is 34.1. The maximum absolute atomic E-state index is 13.0. The molecule has 1 unspecified atom stereocenters. The fourth-order valence-corrected chi connectivity index (χ4v) is 4.46. The molecule has 31 heavy (non-hydrogen) atoms. The van der Waals surface area contributed by atoms with Crippen molar-refractivity contribution in [1.82, 2.24) is 24.8 Å². The number of pyridine rings is 1. The molecule has 0 aliphatic carbocycles. The molecule has 1 amide bonds. The second-order valence-corrected chi connectivity index (χ2v) is 8.90. The third-order valence-electron chi connectivity index (χ3n) is 5.32. The second-order valence-electron chi connectivity index (χ2n) is 7.70. The Morgan fingerprint density at radius 3 is 2.84 bits per heavy atom. The number of aryl methyl sites for hydroxylation is 3. The van der Waals surface area contributed by atoms with Gasteiger partial charge in [-0.15, -0.1) is 11.3 Å². The number of nitrogens with one attached hydrogen (secondary N) is 1. The highest BCUT2D eigenvalue weighted by molar-refractivity contribution is 7.15. The zero-order valence-electron chi connectivity index (χ0n) is 18.0. The molecule has 1 saturated heterocycles. The SMILES string of the molecule is Cc1cc(Nc2nc(C)c(C)s2)nc(C2CCCCN2C(=O)/C=C/c2cccnc2)n1. The van der Waals surface area contributed by atoms with Gasteiger partial charge in [0.15, 0.2) is 11.0 Å². The summed E-state index contributed by atoms with van der Waals surface area (Å²) >= 11 is 1.61. The molecule has 3 aromatic rings. The molecule has 0 bridgehead atoms. The van der Waals surface area contributed by atoms with Crippen LogP contribution in [0.3, 0.4) is 0 Å². The van der Waals surface area contributed by atoms with Gasteiger partial charge in [0.25, 0.3) is 0 Å². The van der Waals surface area contributed by atoms with E-state index in [1.54, 1.807) is 35.9 Å². The lowest BCUT2D eigenvalue weighted by molar-refractivity contribution is -0.129. The lowest BCUT2D eigenvalue weighted by Crippen LogP contribution is -2.38. The van der Waals surface area contributed by atoms with Gasteiger partial charge >= 0.3 is 0 Å². The van der Waals surface area contributed by atoms with Gasteiger partial charge in [-0.3, -0.25) is 9.78 Å². The number of hydrogen-bond acceptors (Lipinski definition) is 7. The smallest absolute Gasteiger partial charge is 0.247 e. The average molecular weight is 435 g/mol. The van der Waals surface area contributed by atoms with E-state index in [0.29, 0.717) is 18.2 Å². The van der Waals surface area contributed by atoms with Gasteiger partial charge in [-0.05, 0) is 57.7 Å².